The zero-order valence-corrected chi connectivity index (χ0v) is 12.0. The van der Waals surface area contributed by atoms with Crippen LogP contribution in [0.5, 0.6) is 11.5 Å². The molecule has 1 aromatic carbocycles. The fourth-order valence-electron chi connectivity index (χ4n) is 1.95. The van der Waals surface area contributed by atoms with Gasteiger partial charge in [-0.15, -0.1) is 0 Å². The first-order valence-corrected chi connectivity index (χ1v) is 6.57. The highest BCUT2D eigenvalue weighted by Gasteiger charge is 2.05. The molecule has 0 unspecified atom stereocenters. The summed E-state index contributed by atoms with van der Waals surface area (Å²) >= 11 is 0. The van der Waals surface area contributed by atoms with Crippen LogP contribution in [0.1, 0.15) is 21.5 Å². The molecule has 0 aliphatic rings. The van der Waals surface area contributed by atoms with Crippen molar-refractivity contribution in [1.29, 1.82) is 0 Å². The second-order valence-electron chi connectivity index (χ2n) is 4.73. The summed E-state index contributed by atoms with van der Waals surface area (Å²) in [5.41, 5.74) is 2.39. The van der Waals surface area contributed by atoms with Crippen LogP contribution in [-0.4, -0.2) is 29.3 Å². The van der Waals surface area contributed by atoms with Gasteiger partial charge in [-0.25, -0.2) is 4.79 Å². The van der Waals surface area contributed by atoms with Gasteiger partial charge < -0.3 is 14.6 Å². The van der Waals surface area contributed by atoms with Crippen molar-refractivity contribution in [3.63, 3.8) is 0 Å². The molecule has 1 heterocycles. The Kier molecular flexibility index (Phi) is 4.77. The van der Waals surface area contributed by atoms with Crippen LogP contribution in [0.15, 0.2) is 36.7 Å². The molecule has 0 saturated carbocycles. The Labute approximate surface area is 123 Å². The molecule has 21 heavy (non-hydrogen) atoms. The highest BCUT2D eigenvalue weighted by Crippen LogP contribution is 2.16. The average molecular weight is 287 g/mol. The summed E-state index contributed by atoms with van der Waals surface area (Å²) in [7, 11) is 0. The van der Waals surface area contributed by atoms with E-state index in [2.05, 4.69) is 11.1 Å². The Hall–Kier alpha value is -2.56. The Bertz CT molecular complexity index is 620. The van der Waals surface area contributed by atoms with Gasteiger partial charge in [0, 0.05) is 6.20 Å². The lowest BCUT2D eigenvalue weighted by Gasteiger charge is -2.09. The molecule has 2 rings (SSSR count). The van der Waals surface area contributed by atoms with E-state index >= 15 is 0 Å². The molecule has 110 valence electrons. The summed E-state index contributed by atoms with van der Waals surface area (Å²) < 4.78 is 11.0. The number of aryl methyl sites for hydroxylation is 2. The van der Waals surface area contributed by atoms with Gasteiger partial charge in [0.25, 0.3) is 0 Å². The van der Waals surface area contributed by atoms with Crippen molar-refractivity contribution in [2.24, 2.45) is 0 Å². The van der Waals surface area contributed by atoms with Crippen molar-refractivity contribution in [2.75, 3.05) is 13.2 Å². The van der Waals surface area contributed by atoms with Gasteiger partial charge in [0.15, 0.2) is 0 Å². The number of hydrogen-bond donors (Lipinski definition) is 1. The number of rotatable bonds is 6. The van der Waals surface area contributed by atoms with E-state index in [1.807, 2.05) is 26.0 Å². The lowest BCUT2D eigenvalue weighted by molar-refractivity contribution is 0.0696. The highest BCUT2D eigenvalue weighted by atomic mass is 16.5. The number of nitrogens with zero attached hydrogens (tertiary/aromatic N) is 1. The van der Waals surface area contributed by atoms with Gasteiger partial charge in [0.2, 0.25) is 0 Å². The third-order valence-electron chi connectivity index (χ3n) is 2.78. The molecular formula is C16H17NO4. The second kappa shape index (κ2) is 6.74. The Morgan fingerprint density at radius 2 is 1.62 bits per heavy atom. The third-order valence-corrected chi connectivity index (χ3v) is 2.78. The zero-order chi connectivity index (χ0) is 15.2. The molecule has 0 aliphatic heterocycles. The van der Waals surface area contributed by atoms with Gasteiger partial charge in [-0.3, -0.25) is 4.98 Å². The summed E-state index contributed by atoms with van der Waals surface area (Å²) in [4.78, 5) is 14.6. The fourth-order valence-corrected chi connectivity index (χ4v) is 1.95. The molecule has 0 fully saturated rings. The molecule has 0 aliphatic carbocycles. The summed E-state index contributed by atoms with van der Waals surface area (Å²) in [6.07, 6.45) is 2.75. The Balaban J connectivity index is 1.84. The molecule has 5 nitrogen and oxygen atoms in total. The Morgan fingerprint density at radius 1 is 1.00 bits per heavy atom. The first-order chi connectivity index (χ1) is 10.0. The van der Waals surface area contributed by atoms with Crippen LogP contribution in [0.2, 0.25) is 0 Å². The van der Waals surface area contributed by atoms with E-state index in [0.29, 0.717) is 19.0 Å². The van der Waals surface area contributed by atoms with Gasteiger partial charge in [-0.2, -0.15) is 0 Å². The van der Waals surface area contributed by atoms with Crippen LogP contribution in [0, 0.1) is 13.8 Å². The number of aromatic nitrogens is 1. The number of ether oxygens (including phenoxy) is 2. The molecule has 0 saturated heterocycles. The molecule has 5 heteroatoms. The molecule has 0 radical (unpaired) electrons. The van der Waals surface area contributed by atoms with Crippen LogP contribution in [-0.2, 0) is 0 Å². The normalized spacial score (nSPS) is 10.2. The quantitative estimate of drug-likeness (QED) is 0.827. The van der Waals surface area contributed by atoms with E-state index in [9.17, 15) is 4.79 Å². The highest BCUT2D eigenvalue weighted by molar-refractivity contribution is 5.87. The van der Waals surface area contributed by atoms with E-state index in [1.165, 1.54) is 18.5 Å². The smallest absolute Gasteiger partial charge is 0.337 e. The maximum atomic E-state index is 10.8. The molecule has 0 atom stereocenters. The van der Waals surface area contributed by atoms with Gasteiger partial charge in [0.1, 0.15) is 24.7 Å². The SMILES string of the molecule is Cc1cc(C)cc(OCCOc2cncc(C(=O)O)c2)c1. The van der Waals surface area contributed by atoms with Crippen molar-refractivity contribution < 1.29 is 19.4 Å². The van der Waals surface area contributed by atoms with E-state index in [0.717, 1.165) is 16.9 Å². The average Bonchev–Trinajstić information content (AvgIpc) is 2.43. The number of benzene rings is 1. The topological polar surface area (TPSA) is 68.7 Å². The molecule has 1 aromatic heterocycles. The first-order valence-electron chi connectivity index (χ1n) is 6.57. The molecule has 0 amide bonds. The van der Waals surface area contributed by atoms with E-state index in [1.54, 1.807) is 0 Å². The lowest BCUT2D eigenvalue weighted by atomic mass is 10.1. The number of carboxylic acids is 1. The minimum atomic E-state index is -1.03. The van der Waals surface area contributed by atoms with Crippen LogP contribution in [0.3, 0.4) is 0 Å². The number of carbonyl (C=O) groups is 1. The van der Waals surface area contributed by atoms with E-state index < -0.39 is 5.97 Å². The van der Waals surface area contributed by atoms with E-state index in [4.69, 9.17) is 14.6 Å². The maximum absolute atomic E-state index is 10.8. The van der Waals surface area contributed by atoms with Gasteiger partial charge in [-0.1, -0.05) is 6.07 Å². The molecular weight excluding hydrogens is 270 g/mol. The lowest BCUT2D eigenvalue weighted by Crippen LogP contribution is -2.10. The minimum absolute atomic E-state index is 0.0997. The summed E-state index contributed by atoms with van der Waals surface area (Å²) in [5.74, 6) is 0.187. The standard InChI is InChI=1S/C16H17NO4/c1-11-5-12(2)7-14(6-11)20-3-4-21-15-8-13(16(18)19)9-17-10-15/h5-10H,3-4H2,1-2H3,(H,18,19). The minimum Gasteiger partial charge on any atom is -0.490 e. The predicted octanol–water partition coefficient (Wildman–Crippen LogP) is 2.85. The largest absolute Gasteiger partial charge is 0.490 e. The summed E-state index contributed by atoms with van der Waals surface area (Å²) in [5, 5.41) is 8.86. The number of pyridine rings is 1. The van der Waals surface area contributed by atoms with Crippen LogP contribution < -0.4 is 9.47 Å². The molecule has 0 spiro atoms. The molecule has 1 N–H and O–H groups in total. The predicted molar refractivity (Wildman–Crippen MR) is 78.1 cm³/mol. The third kappa shape index (κ3) is 4.49. The van der Waals surface area contributed by atoms with Crippen LogP contribution >= 0.6 is 0 Å². The fraction of sp³-hybridized carbons (Fsp3) is 0.250. The van der Waals surface area contributed by atoms with Crippen molar-refractivity contribution in [1.82, 2.24) is 4.98 Å². The van der Waals surface area contributed by atoms with Gasteiger partial charge >= 0.3 is 5.97 Å². The van der Waals surface area contributed by atoms with E-state index in [-0.39, 0.29) is 5.56 Å². The Morgan fingerprint density at radius 3 is 2.24 bits per heavy atom. The first kappa shape index (κ1) is 14.8. The van der Waals surface area contributed by atoms with Crippen molar-refractivity contribution in [2.45, 2.75) is 13.8 Å². The van der Waals surface area contributed by atoms with Crippen molar-refractivity contribution in [3.8, 4) is 11.5 Å². The number of hydrogen-bond acceptors (Lipinski definition) is 4. The maximum Gasteiger partial charge on any atom is 0.337 e. The molecule has 0 bridgehead atoms. The van der Waals surface area contributed by atoms with Gasteiger partial charge in [-0.05, 0) is 43.2 Å². The number of aromatic carboxylic acids is 1. The van der Waals surface area contributed by atoms with Crippen molar-refractivity contribution >= 4 is 5.97 Å². The van der Waals surface area contributed by atoms with Crippen LogP contribution in [0.25, 0.3) is 0 Å². The monoisotopic (exact) mass is 287 g/mol. The summed E-state index contributed by atoms with van der Waals surface area (Å²) in [6, 6.07) is 7.43. The summed E-state index contributed by atoms with van der Waals surface area (Å²) in [6.45, 7) is 4.72. The number of carboxylic acid groups (broad SMARTS) is 1. The van der Waals surface area contributed by atoms with Crippen LogP contribution in [0.4, 0.5) is 0 Å². The molecule has 2 aromatic rings. The second-order valence-corrected chi connectivity index (χ2v) is 4.73. The zero-order valence-electron chi connectivity index (χ0n) is 12.0. The van der Waals surface area contributed by atoms with Gasteiger partial charge in [0.05, 0.1) is 11.8 Å². The van der Waals surface area contributed by atoms with Crippen molar-refractivity contribution in [3.05, 3.63) is 53.3 Å².